The molecule has 1 aromatic carbocycles. The molecule has 0 saturated carbocycles. The molecular formula is C16H18N2O3. The number of hydrogen-bond acceptors (Lipinski definition) is 4. The lowest BCUT2D eigenvalue weighted by Crippen LogP contribution is -2.44. The summed E-state index contributed by atoms with van der Waals surface area (Å²) in [5, 5.41) is 4.07. The topological polar surface area (TPSA) is 55.6 Å². The highest BCUT2D eigenvalue weighted by Crippen LogP contribution is 2.26. The molecule has 0 spiro atoms. The number of aromatic nitrogens is 1. The van der Waals surface area contributed by atoms with Gasteiger partial charge < -0.3 is 14.2 Å². The van der Waals surface area contributed by atoms with E-state index in [4.69, 9.17) is 9.26 Å². The average molecular weight is 286 g/mol. The molecule has 0 aliphatic carbocycles. The van der Waals surface area contributed by atoms with Gasteiger partial charge in [0.15, 0.2) is 0 Å². The van der Waals surface area contributed by atoms with Crippen LogP contribution in [0, 0.1) is 6.92 Å². The Morgan fingerprint density at radius 3 is 2.81 bits per heavy atom. The molecular weight excluding hydrogens is 268 g/mol. The molecule has 1 aliphatic rings. The maximum Gasteiger partial charge on any atom is 0.259 e. The van der Waals surface area contributed by atoms with Crippen molar-refractivity contribution in [2.75, 3.05) is 19.7 Å². The second kappa shape index (κ2) is 5.69. The Morgan fingerprint density at radius 1 is 1.33 bits per heavy atom. The van der Waals surface area contributed by atoms with Crippen LogP contribution in [-0.2, 0) is 4.74 Å². The van der Waals surface area contributed by atoms with Gasteiger partial charge in [-0.3, -0.25) is 4.79 Å². The fraction of sp³-hybridized carbons (Fsp3) is 0.375. The maximum absolute atomic E-state index is 12.8. The summed E-state index contributed by atoms with van der Waals surface area (Å²) in [6.07, 6.45) is 0.0584. The Hall–Kier alpha value is -2.14. The highest BCUT2D eigenvalue weighted by Gasteiger charge is 2.28. The van der Waals surface area contributed by atoms with Crippen LogP contribution in [0.15, 0.2) is 34.9 Å². The van der Waals surface area contributed by atoms with Crippen molar-refractivity contribution in [3.63, 3.8) is 0 Å². The molecule has 110 valence electrons. The molecule has 0 N–H and O–H groups in total. The molecule has 2 aromatic rings. The van der Waals surface area contributed by atoms with E-state index in [-0.39, 0.29) is 12.0 Å². The molecule has 1 atom stereocenters. The third-order valence-corrected chi connectivity index (χ3v) is 3.65. The van der Waals surface area contributed by atoms with E-state index in [9.17, 15) is 4.79 Å². The van der Waals surface area contributed by atoms with Gasteiger partial charge in [0.05, 0.1) is 12.7 Å². The normalized spacial score (nSPS) is 18.8. The summed E-state index contributed by atoms with van der Waals surface area (Å²) in [4.78, 5) is 14.6. The standard InChI is InChI=1S/C16H18N2O3/c1-11-10-18(8-9-20-11)16(19)14-12(2)21-17-15(14)13-6-4-3-5-7-13/h3-7,11H,8-10H2,1-2H3/t11-/m0/s1. The second-order valence-electron chi connectivity index (χ2n) is 5.26. The first-order valence-electron chi connectivity index (χ1n) is 7.09. The van der Waals surface area contributed by atoms with Gasteiger partial charge in [-0.05, 0) is 13.8 Å². The minimum atomic E-state index is -0.0391. The SMILES string of the molecule is Cc1onc(-c2ccccc2)c1C(=O)N1CCO[C@@H](C)C1. The van der Waals surface area contributed by atoms with Gasteiger partial charge in [-0.2, -0.15) is 0 Å². The van der Waals surface area contributed by atoms with Crippen LogP contribution in [0.25, 0.3) is 11.3 Å². The van der Waals surface area contributed by atoms with Crippen molar-refractivity contribution in [3.05, 3.63) is 41.7 Å². The quantitative estimate of drug-likeness (QED) is 0.851. The molecule has 5 nitrogen and oxygen atoms in total. The molecule has 3 rings (SSSR count). The first kappa shape index (κ1) is 13.8. The number of carbonyl (C=O) groups excluding carboxylic acids is 1. The fourth-order valence-corrected chi connectivity index (χ4v) is 2.58. The van der Waals surface area contributed by atoms with Crippen molar-refractivity contribution in [1.82, 2.24) is 10.1 Å². The van der Waals surface area contributed by atoms with Crippen molar-refractivity contribution in [2.45, 2.75) is 20.0 Å². The number of amides is 1. The van der Waals surface area contributed by atoms with Crippen LogP contribution in [0.4, 0.5) is 0 Å². The maximum atomic E-state index is 12.8. The Kier molecular flexibility index (Phi) is 3.75. The highest BCUT2D eigenvalue weighted by atomic mass is 16.5. The van der Waals surface area contributed by atoms with Crippen LogP contribution < -0.4 is 0 Å². The van der Waals surface area contributed by atoms with Crippen LogP contribution in [0.3, 0.4) is 0 Å². The predicted octanol–water partition coefficient (Wildman–Crippen LogP) is 2.51. The van der Waals surface area contributed by atoms with Gasteiger partial charge in [-0.15, -0.1) is 0 Å². The summed E-state index contributed by atoms with van der Waals surface area (Å²) >= 11 is 0. The Balaban J connectivity index is 1.95. The average Bonchev–Trinajstić information content (AvgIpc) is 2.89. The Labute approximate surface area is 123 Å². The lowest BCUT2D eigenvalue weighted by molar-refractivity contribution is -0.0124. The summed E-state index contributed by atoms with van der Waals surface area (Å²) in [5.74, 6) is 0.515. The van der Waals surface area contributed by atoms with Gasteiger partial charge >= 0.3 is 0 Å². The van der Waals surface area contributed by atoms with Crippen molar-refractivity contribution in [2.24, 2.45) is 0 Å². The number of ether oxygens (including phenoxy) is 1. The third-order valence-electron chi connectivity index (χ3n) is 3.65. The lowest BCUT2D eigenvalue weighted by atomic mass is 10.0. The van der Waals surface area contributed by atoms with Crippen molar-refractivity contribution < 1.29 is 14.1 Å². The number of benzene rings is 1. The molecule has 1 fully saturated rings. The summed E-state index contributed by atoms with van der Waals surface area (Å²) in [6.45, 7) is 5.51. The van der Waals surface area contributed by atoms with Crippen LogP contribution in [0.5, 0.6) is 0 Å². The van der Waals surface area contributed by atoms with Gasteiger partial charge in [-0.1, -0.05) is 35.5 Å². The summed E-state index contributed by atoms with van der Waals surface area (Å²) in [5.41, 5.74) is 2.05. The van der Waals surface area contributed by atoms with E-state index in [1.807, 2.05) is 37.3 Å². The second-order valence-corrected chi connectivity index (χ2v) is 5.26. The zero-order valence-corrected chi connectivity index (χ0v) is 12.2. The van der Waals surface area contributed by atoms with Crippen LogP contribution >= 0.6 is 0 Å². The van der Waals surface area contributed by atoms with Crippen molar-refractivity contribution in [1.29, 1.82) is 0 Å². The van der Waals surface area contributed by atoms with E-state index in [0.29, 0.717) is 36.7 Å². The summed E-state index contributed by atoms with van der Waals surface area (Å²) < 4.78 is 10.7. The predicted molar refractivity (Wildman–Crippen MR) is 78.0 cm³/mol. The van der Waals surface area contributed by atoms with E-state index >= 15 is 0 Å². The van der Waals surface area contributed by atoms with Crippen LogP contribution in [-0.4, -0.2) is 41.8 Å². The summed E-state index contributed by atoms with van der Waals surface area (Å²) in [7, 11) is 0. The van der Waals surface area contributed by atoms with E-state index in [1.165, 1.54) is 0 Å². The van der Waals surface area contributed by atoms with E-state index in [0.717, 1.165) is 5.56 Å². The molecule has 1 aromatic heterocycles. The van der Waals surface area contributed by atoms with Gasteiger partial charge in [0.25, 0.3) is 5.91 Å². The Bertz CT molecular complexity index is 636. The molecule has 2 heterocycles. The largest absolute Gasteiger partial charge is 0.375 e. The molecule has 21 heavy (non-hydrogen) atoms. The first-order valence-corrected chi connectivity index (χ1v) is 7.09. The number of morpholine rings is 1. The van der Waals surface area contributed by atoms with Gasteiger partial charge in [-0.25, -0.2) is 0 Å². The first-order chi connectivity index (χ1) is 10.2. The highest BCUT2D eigenvalue weighted by molar-refractivity contribution is 6.00. The summed E-state index contributed by atoms with van der Waals surface area (Å²) in [6, 6.07) is 9.63. The zero-order valence-electron chi connectivity index (χ0n) is 12.2. The van der Waals surface area contributed by atoms with Gasteiger partial charge in [0.1, 0.15) is 17.0 Å². The number of carbonyl (C=O) groups is 1. The molecule has 1 aliphatic heterocycles. The smallest absolute Gasteiger partial charge is 0.259 e. The number of nitrogens with zero attached hydrogens (tertiary/aromatic N) is 2. The molecule has 1 saturated heterocycles. The fourth-order valence-electron chi connectivity index (χ4n) is 2.58. The molecule has 0 unspecified atom stereocenters. The zero-order chi connectivity index (χ0) is 14.8. The van der Waals surface area contributed by atoms with Gasteiger partial charge in [0.2, 0.25) is 0 Å². The molecule has 0 bridgehead atoms. The minimum Gasteiger partial charge on any atom is -0.375 e. The van der Waals surface area contributed by atoms with E-state index < -0.39 is 0 Å². The molecule has 0 radical (unpaired) electrons. The third kappa shape index (κ3) is 2.69. The van der Waals surface area contributed by atoms with Crippen molar-refractivity contribution >= 4 is 5.91 Å². The van der Waals surface area contributed by atoms with E-state index in [2.05, 4.69) is 5.16 Å². The van der Waals surface area contributed by atoms with Crippen LogP contribution in [0.1, 0.15) is 23.0 Å². The molecule has 5 heteroatoms. The number of rotatable bonds is 2. The lowest BCUT2D eigenvalue weighted by Gasteiger charge is -2.31. The minimum absolute atomic E-state index is 0.0391. The number of aryl methyl sites for hydroxylation is 1. The Morgan fingerprint density at radius 2 is 2.10 bits per heavy atom. The number of hydrogen-bond donors (Lipinski definition) is 0. The monoisotopic (exact) mass is 286 g/mol. The van der Waals surface area contributed by atoms with Gasteiger partial charge in [0, 0.05) is 18.7 Å². The van der Waals surface area contributed by atoms with Crippen LogP contribution in [0.2, 0.25) is 0 Å². The molecule has 1 amide bonds. The van der Waals surface area contributed by atoms with E-state index in [1.54, 1.807) is 11.8 Å². The van der Waals surface area contributed by atoms with Crippen molar-refractivity contribution in [3.8, 4) is 11.3 Å².